The summed E-state index contributed by atoms with van der Waals surface area (Å²) in [5.74, 6) is 0. The molecule has 0 aliphatic rings. The van der Waals surface area contributed by atoms with Gasteiger partial charge >= 0.3 is 6.09 Å². The molecule has 0 bridgehead atoms. The number of carbonyl (C=O) groups excluding carboxylic acids is 1. The fraction of sp³-hybridized carbons (Fsp3) is 0.929. The molecule has 1 atom stereocenters. The summed E-state index contributed by atoms with van der Waals surface area (Å²) in [6.07, 6.45) is -0.392. The van der Waals surface area contributed by atoms with Gasteiger partial charge in [0.05, 0.1) is 12.1 Å². The molecule has 0 saturated heterocycles. The Morgan fingerprint density at radius 3 is 2.26 bits per heavy atom. The minimum atomic E-state index is -0.476. The van der Waals surface area contributed by atoms with Gasteiger partial charge < -0.3 is 20.1 Å². The Morgan fingerprint density at radius 1 is 1.21 bits per heavy atom. The van der Waals surface area contributed by atoms with Crippen molar-refractivity contribution in [3.63, 3.8) is 0 Å². The van der Waals surface area contributed by atoms with Gasteiger partial charge in [0.1, 0.15) is 5.60 Å². The lowest BCUT2D eigenvalue weighted by Crippen LogP contribution is -2.53. The van der Waals surface area contributed by atoms with Crippen molar-refractivity contribution in [1.29, 1.82) is 0 Å². The number of ether oxygens (including phenoxy) is 2. The zero-order valence-corrected chi connectivity index (χ0v) is 13.4. The van der Waals surface area contributed by atoms with Crippen LogP contribution in [0, 0.1) is 0 Å². The van der Waals surface area contributed by atoms with Crippen molar-refractivity contribution in [3.05, 3.63) is 0 Å². The summed E-state index contributed by atoms with van der Waals surface area (Å²) < 4.78 is 10.6. The van der Waals surface area contributed by atoms with E-state index in [9.17, 15) is 4.79 Å². The van der Waals surface area contributed by atoms with E-state index in [0.717, 1.165) is 0 Å². The van der Waals surface area contributed by atoms with Crippen molar-refractivity contribution in [2.45, 2.75) is 65.6 Å². The first kappa shape index (κ1) is 18.2. The van der Waals surface area contributed by atoms with Gasteiger partial charge in [0, 0.05) is 19.2 Å². The van der Waals surface area contributed by atoms with Gasteiger partial charge in [-0.1, -0.05) is 0 Å². The molecule has 0 aliphatic heterocycles. The van der Waals surface area contributed by atoms with Crippen LogP contribution in [0.5, 0.6) is 0 Å². The van der Waals surface area contributed by atoms with Crippen LogP contribution in [0.4, 0.5) is 4.79 Å². The maximum Gasteiger partial charge on any atom is 0.408 e. The molecule has 1 amide bonds. The van der Waals surface area contributed by atoms with Gasteiger partial charge in [-0.15, -0.1) is 0 Å². The first-order chi connectivity index (χ1) is 8.56. The van der Waals surface area contributed by atoms with Crippen LogP contribution >= 0.6 is 0 Å². The Morgan fingerprint density at radius 2 is 1.79 bits per heavy atom. The molecule has 5 nitrogen and oxygen atoms in total. The minimum Gasteiger partial charge on any atom is -0.444 e. The van der Waals surface area contributed by atoms with Crippen molar-refractivity contribution in [3.8, 4) is 0 Å². The zero-order valence-electron chi connectivity index (χ0n) is 13.4. The summed E-state index contributed by atoms with van der Waals surface area (Å²) in [6.45, 7) is 15.5. The largest absolute Gasteiger partial charge is 0.444 e. The van der Waals surface area contributed by atoms with E-state index in [2.05, 4.69) is 17.6 Å². The maximum absolute atomic E-state index is 11.7. The molecular formula is C14H30N2O3. The van der Waals surface area contributed by atoms with Crippen LogP contribution in [-0.4, -0.2) is 43.0 Å². The molecule has 1 unspecified atom stereocenters. The molecule has 0 radical (unpaired) electrons. The van der Waals surface area contributed by atoms with Crippen LogP contribution in [0.15, 0.2) is 0 Å². The van der Waals surface area contributed by atoms with E-state index in [-0.39, 0.29) is 11.6 Å². The second-order valence-corrected chi connectivity index (χ2v) is 6.45. The van der Waals surface area contributed by atoms with Crippen molar-refractivity contribution < 1.29 is 14.3 Å². The predicted molar refractivity (Wildman–Crippen MR) is 77.4 cm³/mol. The third-order valence-electron chi connectivity index (χ3n) is 2.30. The summed E-state index contributed by atoms with van der Waals surface area (Å²) in [4.78, 5) is 11.7. The normalized spacial score (nSPS) is 14.1. The summed E-state index contributed by atoms with van der Waals surface area (Å²) in [5, 5.41) is 6.19. The lowest BCUT2D eigenvalue weighted by molar-refractivity contribution is 0.0468. The predicted octanol–water partition coefficient (Wildman–Crippen LogP) is 2.30. The first-order valence-electron chi connectivity index (χ1n) is 6.88. The highest BCUT2D eigenvalue weighted by Gasteiger charge is 2.24. The Kier molecular flexibility index (Phi) is 7.37. The van der Waals surface area contributed by atoms with E-state index in [1.54, 1.807) is 0 Å². The molecule has 0 fully saturated rings. The molecule has 0 aliphatic carbocycles. The van der Waals surface area contributed by atoms with E-state index < -0.39 is 11.7 Å². The molecule has 0 saturated carbocycles. The van der Waals surface area contributed by atoms with Gasteiger partial charge in [-0.05, 0) is 48.5 Å². The highest BCUT2D eigenvalue weighted by molar-refractivity contribution is 5.68. The van der Waals surface area contributed by atoms with Gasteiger partial charge in [0.15, 0.2) is 0 Å². The Balaban J connectivity index is 4.07. The SMILES string of the molecule is CCOCC(C)NCC(C)(C)NC(=O)OC(C)(C)C. The van der Waals surface area contributed by atoms with Gasteiger partial charge in [-0.2, -0.15) is 0 Å². The van der Waals surface area contributed by atoms with Crippen molar-refractivity contribution in [2.24, 2.45) is 0 Å². The van der Waals surface area contributed by atoms with Gasteiger partial charge in [0.2, 0.25) is 0 Å². The van der Waals surface area contributed by atoms with Crippen LogP contribution < -0.4 is 10.6 Å². The summed E-state index contributed by atoms with van der Waals surface area (Å²) in [5.41, 5.74) is -0.849. The first-order valence-corrected chi connectivity index (χ1v) is 6.88. The summed E-state index contributed by atoms with van der Waals surface area (Å²) in [6, 6.07) is 0.250. The van der Waals surface area contributed by atoms with Gasteiger partial charge in [0.25, 0.3) is 0 Å². The Labute approximate surface area is 117 Å². The summed E-state index contributed by atoms with van der Waals surface area (Å²) in [7, 11) is 0. The lowest BCUT2D eigenvalue weighted by Gasteiger charge is -2.30. The quantitative estimate of drug-likeness (QED) is 0.748. The lowest BCUT2D eigenvalue weighted by atomic mass is 10.1. The molecule has 5 heteroatoms. The number of alkyl carbamates (subject to hydrolysis) is 1. The van der Waals surface area contributed by atoms with Crippen LogP contribution in [0.1, 0.15) is 48.5 Å². The molecule has 0 heterocycles. The smallest absolute Gasteiger partial charge is 0.408 e. The van der Waals surface area contributed by atoms with E-state index in [4.69, 9.17) is 9.47 Å². The molecule has 0 aromatic carbocycles. The summed E-state index contributed by atoms with van der Waals surface area (Å²) >= 11 is 0. The average molecular weight is 274 g/mol. The molecule has 0 rings (SSSR count). The van der Waals surface area contributed by atoms with E-state index >= 15 is 0 Å². The third kappa shape index (κ3) is 10.8. The standard InChI is InChI=1S/C14H30N2O3/c1-8-18-9-11(2)15-10-14(6,7)16-12(17)19-13(3,4)5/h11,15H,8-10H2,1-7H3,(H,16,17). The zero-order chi connectivity index (χ0) is 15.1. The van der Waals surface area contributed by atoms with Crippen LogP contribution in [0.2, 0.25) is 0 Å². The number of hydrogen-bond donors (Lipinski definition) is 2. The van der Waals surface area contributed by atoms with Crippen LogP contribution in [-0.2, 0) is 9.47 Å². The molecule has 0 aromatic rings. The molecular weight excluding hydrogens is 244 g/mol. The van der Waals surface area contributed by atoms with Crippen LogP contribution in [0.25, 0.3) is 0 Å². The minimum absolute atomic E-state index is 0.250. The highest BCUT2D eigenvalue weighted by atomic mass is 16.6. The number of amides is 1. The fourth-order valence-corrected chi connectivity index (χ4v) is 1.41. The molecule has 0 aromatic heterocycles. The van der Waals surface area contributed by atoms with E-state index in [1.165, 1.54) is 0 Å². The topological polar surface area (TPSA) is 59.6 Å². The number of hydrogen-bond acceptors (Lipinski definition) is 4. The van der Waals surface area contributed by atoms with Crippen molar-refractivity contribution in [2.75, 3.05) is 19.8 Å². The molecule has 2 N–H and O–H groups in total. The number of nitrogens with one attached hydrogen (secondary N) is 2. The van der Waals surface area contributed by atoms with E-state index in [1.807, 2.05) is 41.5 Å². The molecule has 19 heavy (non-hydrogen) atoms. The van der Waals surface area contributed by atoms with Crippen LogP contribution in [0.3, 0.4) is 0 Å². The van der Waals surface area contributed by atoms with Crippen molar-refractivity contribution >= 4 is 6.09 Å². The van der Waals surface area contributed by atoms with Gasteiger partial charge in [-0.25, -0.2) is 4.79 Å². The second kappa shape index (κ2) is 7.70. The highest BCUT2D eigenvalue weighted by Crippen LogP contribution is 2.09. The van der Waals surface area contributed by atoms with E-state index in [0.29, 0.717) is 19.8 Å². The maximum atomic E-state index is 11.7. The number of carbonyl (C=O) groups is 1. The average Bonchev–Trinajstić information content (AvgIpc) is 2.20. The Bertz CT molecular complexity index is 272. The number of rotatable bonds is 7. The second-order valence-electron chi connectivity index (χ2n) is 6.45. The molecule has 0 spiro atoms. The molecule has 114 valence electrons. The van der Waals surface area contributed by atoms with Gasteiger partial charge in [-0.3, -0.25) is 0 Å². The third-order valence-corrected chi connectivity index (χ3v) is 2.30. The van der Waals surface area contributed by atoms with Crippen molar-refractivity contribution in [1.82, 2.24) is 10.6 Å². The monoisotopic (exact) mass is 274 g/mol. The fourth-order valence-electron chi connectivity index (χ4n) is 1.41. The Hall–Kier alpha value is -0.810.